The molecule has 1 aromatic rings. The standard InChI is InChI=1S/C7H10N2O2/c1-2-11-9-6(1)3-8-7-4-10-5-7/h1-2,7-8H,3-5H2. The lowest BCUT2D eigenvalue weighted by molar-refractivity contribution is -0.00599. The van der Waals surface area contributed by atoms with Crippen molar-refractivity contribution in [3.05, 3.63) is 18.0 Å². The lowest BCUT2D eigenvalue weighted by atomic mass is 10.2. The molecule has 0 aliphatic carbocycles. The van der Waals surface area contributed by atoms with Crippen molar-refractivity contribution in [2.45, 2.75) is 12.6 Å². The summed E-state index contributed by atoms with van der Waals surface area (Å²) in [4.78, 5) is 0. The number of nitrogens with one attached hydrogen (secondary N) is 1. The SMILES string of the molecule is c1cc(CNC2COC2)no1. The zero-order valence-electron chi connectivity index (χ0n) is 6.12. The molecule has 11 heavy (non-hydrogen) atoms. The highest BCUT2D eigenvalue weighted by Gasteiger charge is 2.17. The molecular weight excluding hydrogens is 144 g/mol. The molecular formula is C7H10N2O2. The third kappa shape index (κ3) is 1.58. The van der Waals surface area contributed by atoms with Gasteiger partial charge >= 0.3 is 0 Å². The highest BCUT2D eigenvalue weighted by atomic mass is 16.5. The molecule has 0 aromatic carbocycles. The van der Waals surface area contributed by atoms with Crippen molar-refractivity contribution in [2.24, 2.45) is 0 Å². The van der Waals surface area contributed by atoms with Gasteiger partial charge in [-0.25, -0.2) is 0 Å². The molecule has 0 unspecified atom stereocenters. The maximum atomic E-state index is 5.00. The normalized spacial score (nSPS) is 18.2. The van der Waals surface area contributed by atoms with Crippen molar-refractivity contribution in [2.75, 3.05) is 13.2 Å². The molecule has 1 aliphatic heterocycles. The second-order valence-electron chi connectivity index (χ2n) is 2.61. The molecule has 0 atom stereocenters. The topological polar surface area (TPSA) is 47.3 Å². The Kier molecular flexibility index (Phi) is 1.87. The predicted octanol–water partition coefficient (Wildman–Crippen LogP) is 0.163. The molecule has 0 spiro atoms. The summed E-state index contributed by atoms with van der Waals surface area (Å²) in [6.45, 7) is 2.40. The first-order chi connectivity index (χ1) is 5.45. The summed E-state index contributed by atoms with van der Waals surface area (Å²) >= 11 is 0. The van der Waals surface area contributed by atoms with Gasteiger partial charge in [-0.1, -0.05) is 5.16 Å². The quantitative estimate of drug-likeness (QED) is 0.673. The minimum absolute atomic E-state index is 0.506. The number of rotatable bonds is 3. The van der Waals surface area contributed by atoms with E-state index in [-0.39, 0.29) is 0 Å². The van der Waals surface area contributed by atoms with E-state index in [0.717, 1.165) is 25.5 Å². The third-order valence-electron chi connectivity index (χ3n) is 1.70. The number of hydrogen-bond donors (Lipinski definition) is 1. The molecule has 60 valence electrons. The van der Waals surface area contributed by atoms with Crippen molar-refractivity contribution in [1.82, 2.24) is 10.5 Å². The third-order valence-corrected chi connectivity index (χ3v) is 1.70. The van der Waals surface area contributed by atoms with Crippen molar-refractivity contribution in [3.63, 3.8) is 0 Å². The van der Waals surface area contributed by atoms with Crippen LogP contribution in [0, 0.1) is 0 Å². The Hall–Kier alpha value is -0.870. The van der Waals surface area contributed by atoms with Crippen LogP contribution >= 0.6 is 0 Å². The van der Waals surface area contributed by atoms with Crippen LogP contribution in [0.1, 0.15) is 5.69 Å². The van der Waals surface area contributed by atoms with Crippen molar-refractivity contribution in [1.29, 1.82) is 0 Å². The fraction of sp³-hybridized carbons (Fsp3) is 0.571. The molecule has 0 amide bonds. The Balaban J connectivity index is 1.74. The monoisotopic (exact) mass is 154 g/mol. The molecule has 4 nitrogen and oxygen atoms in total. The minimum atomic E-state index is 0.506. The van der Waals surface area contributed by atoms with Crippen LogP contribution in [0.2, 0.25) is 0 Å². The van der Waals surface area contributed by atoms with E-state index in [1.807, 2.05) is 6.07 Å². The van der Waals surface area contributed by atoms with Crippen LogP contribution in [0.4, 0.5) is 0 Å². The molecule has 1 aliphatic rings. The Morgan fingerprint density at radius 3 is 3.09 bits per heavy atom. The highest BCUT2D eigenvalue weighted by molar-refractivity contribution is 4.95. The Labute approximate surface area is 64.5 Å². The average molecular weight is 154 g/mol. The summed E-state index contributed by atoms with van der Waals surface area (Å²) in [7, 11) is 0. The van der Waals surface area contributed by atoms with Crippen LogP contribution in [-0.4, -0.2) is 24.4 Å². The molecule has 0 radical (unpaired) electrons. The summed E-state index contributed by atoms with van der Waals surface area (Å²) in [5, 5.41) is 7.04. The average Bonchev–Trinajstić information content (AvgIpc) is 2.36. The van der Waals surface area contributed by atoms with Crippen LogP contribution in [0.15, 0.2) is 16.9 Å². The van der Waals surface area contributed by atoms with Crippen LogP contribution in [0.25, 0.3) is 0 Å². The molecule has 1 N–H and O–H groups in total. The van der Waals surface area contributed by atoms with Crippen LogP contribution in [0.3, 0.4) is 0 Å². The Morgan fingerprint density at radius 2 is 2.55 bits per heavy atom. The molecule has 2 rings (SSSR count). The minimum Gasteiger partial charge on any atom is -0.378 e. The maximum absolute atomic E-state index is 5.00. The summed E-state index contributed by atoms with van der Waals surface area (Å²) in [5.41, 5.74) is 0.942. The van der Waals surface area contributed by atoms with Crippen LogP contribution in [0.5, 0.6) is 0 Å². The van der Waals surface area contributed by atoms with Gasteiger partial charge in [-0.05, 0) is 0 Å². The highest BCUT2D eigenvalue weighted by Crippen LogP contribution is 2.01. The second kappa shape index (κ2) is 3.02. The van der Waals surface area contributed by atoms with E-state index in [1.165, 1.54) is 0 Å². The Morgan fingerprint density at radius 1 is 1.64 bits per heavy atom. The molecule has 0 bridgehead atoms. The molecule has 1 fully saturated rings. The van der Waals surface area contributed by atoms with E-state index in [1.54, 1.807) is 6.26 Å². The van der Waals surface area contributed by atoms with Gasteiger partial charge < -0.3 is 14.6 Å². The molecule has 2 heterocycles. The van der Waals surface area contributed by atoms with E-state index in [9.17, 15) is 0 Å². The van der Waals surface area contributed by atoms with Gasteiger partial charge in [-0.2, -0.15) is 0 Å². The first kappa shape index (κ1) is 6.82. The fourth-order valence-corrected chi connectivity index (χ4v) is 0.931. The van der Waals surface area contributed by atoms with Crippen molar-refractivity contribution in [3.8, 4) is 0 Å². The Bertz CT molecular complexity index is 206. The molecule has 1 saturated heterocycles. The lowest BCUT2D eigenvalue weighted by Crippen LogP contribution is -2.45. The first-order valence-electron chi connectivity index (χ1n) is 3.65. The smallest absolute Gasteiger partial charge is 0.124 e. The first-order valence-corrected chi connectivity index (χ1v) is 3.65. The van der Waals surface area contributed by atoms with Gasteiger partial charge in [0.1, 0.15) is 6.26 Å². The van der Waals surface area contributed by atoms with Gasteiger partial charge in [-0.15, -0.1) is 0 Å². The van der Waals surface area contributed by atoms with Gasteiger partial charge in [0.15, 0.2) is 0 Å². The maximum Gasteiger partial charge on any atom is 0.124 e. The summed E-state index contributed by atoms with van der Waals surface area (Å²) in [5.74, 6) is 0. The van der Waals surface area contributed by atoms with Gasteiger partial charge in [0.25, 0.3) is 0 Å². The van der Waals surface area contributed by atoms with E-state index in [0.29, 0.717) is 6.04 Å². The van der Waals surface area contributed by atoms with E-state index < -0.39 is 0 Å². The zero-order valence-corrected chi connectivity index (χ0v) is 6.12. The second-order valence-corrected chi connectivity index (χ2v) is 2.61. The summed E-state index contributed by atoms with van der Waals surface area (Å²) in [6, 6.07) is 2.36. The van der Waals surface area contributed by atoms with Gasteiger partial charge in [0.2, 0.25) is 0 Å². The molecule has 4 heteroatoms. The predicted molar refractivity (Wildman–Crippen MR) is 37.9 cm³/mol. The van der Waals surface area contributed by atoms with Crippen molar-refractivity contribution >= 4 is 0 Å². The van der Waals surface area contributed by atoms with Gasteiger partial charge in [0, 0.05) is 12.6 Å². The summed E-state index contributed by atoms with van der Waals surface area (Å²) in [6.07, 6.45) is 1.58. The van der Waals surface area contributed by atoms with Gasteiger partial charge in [0.05, 0.1) is 24.9 Å². The largest absolute Gasteiger partial charge is 0.378 e. The van der Waals surface area contributed by atoms with Crippen LogP contribution in [-0.2, 0) is 11.3 Å². The summed E-state index contributed by atoms with van der Waals surface area (Å²) < 4.78 is 9.68. The molecule has 0 saturated carbocycles. The number of nitrogens with zero attached hydrogens (tertiary/aromatic N) is 1. The van der Waals surface area contributed by atoms with Gasteiger partial charge in [-0.3, -0.25) is 0 Å². The number of hydrogen-bond acceptors (Lipinski definition) is 4. The van der Waals surface area contributed by atoms with Crippen LogP contribution < -0.4 is 5.32 Å². The van der Waals surface area contributed by atoms with E-state index >= 15 is 0 Å². The fourth-order valence-electron chi connectivity index (χ4n) is 0.931. The zero-order chi connectivity index (χ0) is 7.52. The van der Waals surface area contributed by atoms with Crippen molar-refractivity contribution < 1.29 is 9.26 Å². The van der Waals surface area contributed by atoms with E-state index in [2.05, 4.69) is 15.0 Å². The molecule has 1 aromatic heterocycles. The lowest BCUT2D eigenvalue weighted by Gasteiger charge is -2.26. The van der Waals surface area contributed by atoms with E-state index in [4.69, 9.17) is 4.74 Å². The number of aromatic nitrogens is 1. The number of ether oxygens (including phenoxy) is 1.